The molecule has 1 aromatic heterocycles. The SMILES string of the molecule is O=C(NCCF)c1cn(-c2ccc(-c3ccccc3)cc2CS(=O)[O-])c(-c2c(Cl)cccc2Cl)n1. The zero-order valence-electron chi connectivity index (χ0n) is 18.2. The second-order valence-electron chi connectivity index (χ2n) is 7.52. The Hall–Kier alpha value is -3.04. The molecule has 0 spiro atoms. The molecule has 0 fully saturated rings. The highest BCUT2D eigenvalue weighted by atomic mass is 35.5. The third-order valence-corrected chi connectivity index (χ3v) is 6.40. The first kappa shape index (κ1) is 25.1. The number of aromatic nitrogens is 2. The Morgan fingerprint density at radius 3 is 2.40 bits per heavy atom. The molecule has 1 heterocycles. The van der Waals surface area contributed by atoms with Crippen LogP contribution in [-0.4, -0.2) is 37.4 Å². The fraction of sp³-hybridized carbons (Fsp3) is 0.120. The summed E-state index contributed by atoms with van der Waals surface area (Å²) in [4.78, 5) is 17.0. The van der Waals surface area contributed by atoms with E-state index in [-0.39, 0.29) is 23.8 Å². The van der Waals surface area contributed by atoms with Gasteiger partial charge < -0.3 is 9.87 Å². The molecule has 10 heteroatoms. The smallest absolute Gasteiger partial charge is 0.271 e. The van der Waals surface area contributed by atoms with Crippen molar-refractivity contribution in [3.05, 3.63) is 94.2 Å². The number of hydrogen-bond donors (Lipinski definition) is 1. The highest BCUT2D eigenvalue weighted by Crippen LogP contribution is 2.36. The minimum atomic E-state index is -2.39. The minimum absolute atomic E-state index is 0.00534. The predicted molar refractivity (Wildman–Crippen MR) is 135 cm³/mol. The first-order valence-electron chi connectivity index (χ1n) is 10.5. The van der Waals surface area contributed by atoms with Gasteiger partial charge in [0.2, 0.25) is 0 Å². The molecule has 0 saturated carbocycles. The molecule has 1 N–H and O–H groups in total. The molecule has 0 saturated heterocycles. The summed E-state index contributed by atoms with van der Waals surface area (Å²) in [5.74, 6) is -0.607. The van der Waals surface area contributed by atoms with Gasteiger partial charge in [-0.3, -0.25) is 13.6 Å². The molecule has 0 aliphatic rings. The zero-order chi connectivity index (χ0) is 24.9. The van der Waals surface area contributed by atoms with Crippen LogP contribution in [0.15, 0.2) is 72.9 Å². The van der Waals surface area contributed by atoms with E-state index in [0.717, 1.165) is 11.1 Å². The van der Waals surface area contributed by atoms with E-state index in [9.17, 15) is 17.9 Å². The van der Waals surface area contributed by atoms with Crippen molar-refractivity contribution in [3.63, 3.8) is 0 Å². The third kappa shape index (κ3) is 5.62. The van der Waals surface area contributed by atoms with Gasteiger partial charge in [-0.25, -0.2) is 9.37 Å². The lowest BCUT2D eigenvalue weighted by Gasteiger charge is -2.17. The van der Waals surface area contributed by atoms with Gasteiger partial charge in [-0.15, -0.1) is 0 Å². The molecule has 3 aromatic carbocycles. The monoisotopic (exact) mass is 530 g/mol. The predicted octanol–water partition coefficient (Wildman–Crippen LogP) is 5.59. The molecule has 4 rings (SSSR count). The van der Waals surface area contributed by atoms with E-state index >= 15 is 0 Å². The number of rotatable bonds is 8. The number of nitrogens with one attached hydrogen (secondary N) is 1. The summed E-state index contributed by atoms with van der Waals surface area (Å²) in [6.07, 6.45) is 1.46. The molecule has 0 radical (unpaired) electrons. The number of imidazole rings is 1. The molecule has 180 valence electrons. The van der Waals surface area contributed by atoms with Gasteiger partial charge in [0.15, 0.2) is 0 Å². The number of amides is 1. The van der Waals surface area contributed by atoms with Crippen molar-refractivity contribution in [3.8, 4) is 28.2 Å². The molecule has 0 aliphatic heterocycles. The topological polar surface area (TPSA) is 87.0 Å². The second kappa shape index (κ2) is 11.1. The van der Waals surface area contributed by atoms with Crippen LogP contribution in [0.3, 0.4) is 0 Å². The molecular formula is C25H19Cl2FN3O3S-. The lowest BCUT2D eigenvalue weighted by molar-refractivity contribution is 0.0946. The molecular weight excluding hydrogens is 512 g/mol. The third-order valence-electron chi connectivity index (χ3n) is 5.22. The van der Waals surface area contributed by atoms with E-state index in [1.165, 1.54) is 6.20 Å². The van der Waals surface area contributed by atoms with Crippen LogP contribution in [0, 0.1) is 0 Å². The normalized spacial score (nSPS) is 11.9. The van der Waals surface area contributed by atoms with E-state index in [1.807, 2.05) is 36.4 Å². The summed E-state index contributed by atoms with van der Waals surface area (Å²) in [5.41, 5.74) is 3.10. The highest BCUT2D eigenvalue weighted by molar-refractivity contribution is 7.78. The van der Waals surface area contributed by atoms with Gasteiger partial charge in [-0.2, -0.15) is 0 Å². The molecule has 0 bridgehead atoms. The molecule has 1 amide bonds. The van der Waals surface area contributed by atoms with Gasteiger partial charge >= 0.3 is 0 Å². The zero-order valence-corrected chi connectivity index (χ0v) is 20.5. The van der Waals surface area contributed by atoms with Crippen LogP contribution in [0.25, 0.3) is 28.2 Å². The van der Waals surface area contributed by atoms with Crippen LogP contribution in [0.2, 0.25) is 10.0 Å². The van der Waals surface area contributed by atoms with Crippen molar-refractivity contribution in [2.24, 2.45) is 0 Å². The number of hydrogen-bond acceptors (Lipinski definition) is 4. The van der Waals surface area contributed by atoms with Crippen LogP contribution in [0.4, 0.5) is 4.39 Å². The Kier molecular flexibility index (Phi) is 7.97. The number of benzene rings is 3. The number of carbonyl (C=O) groups is 1. The van der Waals surface area contributed by atoms with Gasteiger partial charge in [-0.05, 0) is 41.0 Å². The first-order chi connectivity index (χ1) is 16.9. The van der Waals surface area contributed by atoms with Gasteiger partial charge in [-0.1, -0.05) is 76.7 Å². The lowest BCUT2D eigenvalue weighted by atomic mass is 10.0. The Bertz CT molecular complexity index is 1380. The molecule has 4 aromatic rings. The Morgan fingerprint density at radius 1 is 1.03 bits per heavy atom. The van der Waals surface area contributed by atoms with Crippen molar-refractivity contribution in [1.29, 1.82) is 0 Å². The fourth-order valence-corrected chi connectivity index (χ4v) is 4.74. The van der Waals surface area contributed by atoms with Crippen molar-refractivity contribution >= 4 is 40.2 Å². The summed E-state index contributed by atoms with van der Waals surface area (Å²) in [5, 5.41) is 3.05. The van der Waals surface area contributed by atoms with Crippen molar-refractivity contribution in [1.82, 2.24) is 14.9 Å². The van der Waals surface area contributed by atoms with Gasteiger partial charge in [0.25, 0.3) is 5.91 Å². The summed E-state index contributed by atoms with van der Waals surface area (Å²) in [6.45, 7) is -0.893. The average molecular weight is 531 g/mol. The standard InChI is InChI=1S/C25H20Cl2FN3O3S/c26-19-7-4-8-20(27)23(19)24-30-21(25(32)29-12-11-28)14-31(24)22-10-9-17(13-18(22)15-35(33)34)16-5-2-1-3-6-16/h1-10,13-14H,11-12,15H2,(H,29,32)(H,33,34)/p-1. The second-order valence-corrected chi connectivity index (χ2v) is 9.23. The maximum absolute atomic E-state index is 12.6. The van der Waals surface area contributed by atoms with E-state index in [0.29, 0.717) is 26.9 Å². The van der Waals surface area contributed by atoms with Gasteiger partial charge in [0, 0.05) is 18.5 Å². The number of nitrogens with zero attached hydrogens (tertiary/aromatic N) is 2. The minimum Gasteiger partial charge on any atom is -0.772 e. The van der Waals surface area contributed by atoms with Gasteiger partial charge in [0.05, 0.1) is 21.3 Å². The van der Waals surface area contributed by atoms with Crippen molar-refractivity contribution in [2.75, 3.05) is 13.2 Å². The highest BCUT2D eigenvalue weighted by Gasteiger charge is 2.22. The summed E-state index contributed by atoms with van der Waals surface area (Å²) >= 11 is 10.5. The van der Waals surface area contributed by atoms with E-state index in [4.69, 9.17) is 23.2 Å². The summed E-state index contributed by atoms with van der Waals surface area (Å²) < 4.78 is 37.6. The van der Waals surface area contributed by atoms with Crippen LogP contribution in [0.1, 0.15) is 16.1 Å². The van der Waals surface area contributed by atoms with Gasteiger partial charge in [0.1, 0.15) is 18.2 Å². The quantitative estimate of drug-likeness (QED) is 0.300. The van der Waals surface area contributed by atoms with E-state index in [2.05, 4.69) is 10.3 Å². The molecule has 6 nitrogen and oxygen atoms in total. The van der Waals surface area contributed by atoms with Crippen LogP contribution in [-0.2, 0) is 16.8 Å². The van der Waals surface area contributed by atoms with Crippen molar-refractivity contribution < 1.29 is 17.9 Å². The molecule has 35 heavy (non-hydrogen) atoms. The Balaban J connectivity index is 1.93. The van der Waals surface area contributed by atoms with Crippen LogP contribution in [0.5, 0.6) is 0 Å². The lowest BCUT2D eigenvalue weighted by Crippen LogP contribution is -2.25. The summed E-state index contributed by atoms with van der Waals surface area (Å²) in [7, 11) is 0. The average Bonchev–Trinajstić information content (AvgIpc) is 3.27. The largest absolute Gasteiger partial charge is 0.772 e. The van der Waals surface area contributed by atoms with E-state index in [1.54, 1.807) is 34.9 Å². The van der Waals surface area contributed by atoms with E-state index < -0.39 is 23.7 Å². The number of halogens is 3. The maximum Gasteiger partial charge on any atom is 0.271 e. The molecule has 1 unspecified atom stereocenters. The summed E-state index contributed by atoms with van der Waals surface area (Å²) in [6, 6.07) is 19.9. The van der Waals surface area contributed by atoms with Crippen LogP contribution < -0.4 is 5.32 Å². The Labute approximate surface area is 214 Å². The number of alkyl halides is 1. The number of carbonyl (C=O) groups excluding carboxylic acids is 1. The Morgan fingerprint density at radius 2 is 1.74 bits per heavy atom. The molecule has 1 atom stereocenters. The van der Waals surface area contributed by atoms with Crippen molar-refractivity contribution in [2.45, 2.75) is 5.75 Å². The fourth-order valence-electron chi connectivity index (χ4n) is 3.69. The maximum atomic E-state index is 12.6. The van der Waals surface area contributed by atoms with Crippen LogP contribution >= 0.6 is 23.2 Å². The molecule has 0 aliphatic carbocycles. The first-order valence-corrected chi connectivity index (χ1v) is 12.5.